The number of nitrogens with zero attached hydrogens (tertiary/aromatic N) is 1. The Bertz CT molecular complexity index is 434. The molecule has 0 spiro atoms. The minimum Gasteiger partial charge on any atom is -0.480 e. The summed E-state index contributed by atoms with van der Waals surface area (Å²) < 4.78 is 25.4. The maximum Gasteiger partial charge on any atom is 0.322 e. The average Bonchev–Trinajstić information content (AvgIpc) is 2.83. The van der Waals surface area contributed by atoms with Crippen molar-refractivity contribution in [2.24, 2.45) is 0 Å². The molecule has 1 atom stereocenters. The highest BCUT2D eigenvalue weighted by Crippen LogP contribution is 2.22. The lowest BCUT2D eigenvalue weighted by Crippen LogP contribution is -2.47. The summed E-state index contributed by atoms with van der Waals surface area (Å²) in [6.45, 7) is 1.74. The number of unbranched alkanes of at least 4 members (excludes halogenated alkanes) is 1. The molecule has 0 aromatic carbocycles. The van der Waals surface area contributed by atoms with Crippen molar-refractivity contribution in [3.05, 3.63) is 0 Å². The number of hydrogen-bond donors (Lipinski definition) is 2. The van der Waals surface area contributed by atoms with Gasteiger partial charge in [-0.25, -0.2) is 8.42 Å². The van der Waals surface area contributed by atoms with Crippen LogP contribution in [0.3, 0.4) is 0 Å². The topological polar surface area (TPSA) is 104 Å². The third-order valence-corrected chi connectivity index (χ3v) is 4.99. The van der Waals surface area contributed by atoms with E-state index in [0.29, 0.717) is 25.8 Å². The number of nitrogens with one attached hydrogen (secondary N) is 1. The molecule has 19 heavy (non-hydrogen) atoms. The van der Waals surface area contributed by atoms with Gasteiger partial charge in [0.25, 0.3) is 0 Å². The van der Waals surface area contributed by atoms with Crippen LogP contribution in [0.15, 0.2) is 0 Å². The Morgan fingerprint density at radius 2 is 2.11 bits per heavy atom. The molecule has 0 saturated carbocycles. The van der Waals surface area contributed by atoms with Gasteiger partial charge >= 0.3 is 5.97 Å². The second-order valence-corrected chi connectivity index (χ2v) is 6.59. The van der Waals surface area contributed by atoms with Crippen LogP contribution in [-0.2, 0) is 19.6 Å². The number of carboxylic acid groups (broad SMARTS) is 1. The minimum atomic E-state index is -3.43. The summed E-state index contributed by atoms with van der Waals surface area (Å²) in [5.74, 6) is -1.64. The van der Waals surface area contributed by atoms with Crippen molar-refractivity contribution in [1.82, 2.24) is 9.62 Å². The molecule has 1 saturated heterocycles. The van der Waals surface area contributed by atoms with Crippen molar-refractivity contribution in [3.63, 3.8) is 0 Å². The molecule has 1 unspecified atom stereocenters. The van der Waals surface area contributed by atoms with Gasteiger partial charge in [-0.1, -0.05) is 13.3 Å². The second kappa shape index (κ2) is 6.85. The Hall–Kier alpha value is -1.15. The molecule has 1 aliphatic heterocycles. The number of amides is 1. The van der Waals surface area contributed by atoms with E-state index >= 15 is 0 Å². The van der Waals surface area contributed by atoms with Crippen LogP contribution in [0.2, 0.25) is 0 Å². The van der Waals surface area contributed by atoms with Gasteiger partial charge in [0, 0.05) is 6.54 Å². The Kier molecular flexibility index (Phi) is 5.74. The molecule has 1 amide bonds. The molecule has 0 bridgehead atoms. The summed E-state index contributed by atoms with van der Waals surface area (Å²) in [7, 11) is -3.43. The fraction of sp³-hybridized carbons (Fsp3) is 0.818. The van der Waals surface area contributed by atoms with Gasteiger partial charge in [0.05, 0.1) is 5.75 Å². The monoisotopic (exact) mass is 292 g/mol. The summed E-state index contributed by atoms with van der Waals surface area (Å²) >= 11 is 0. The van der Waals surface area contributed by atoms with Gasteiger partial charge in [-0.2, -0.15) is 4.31 Å². The molecule has 1 rings (SSSR count). The van der Waals surface area contributed by atoms with Crippen LogP contribution < -0.4 is 5.32 Å². The lowest BCUT2D eigenvalue weighted by molar-refractivity contribution is -0.138. The molecule has 0 aromatic rings. The number of hydrogen-bond acceptors (Lipinski definition) is 4. The van der Waals surface area contributed by atoms with E-state index in [-0.39, 0.29) is 5.75 Å². The maximum absolute atomic E-state index is 12.1. The van der Waals surface area contributed by atoms with Crippen LogP contribution >= 0.6 is 0 Å². The summed E-state index contributed by atoms with van der Waals surface area (Å²) in [6, 6.07) is -0.763. The molecule has 0 radical (unpaired) electrons. The third kappa shape index (κ3) is 4.46. The SMILES string of the molecule is CCCCS(=O)(=O)N1CCCC1C(=O)NCC(=O)O. The average molecular weight is 292 g/mol. The van der Waals surface area contributed by atoms with E-state index in [4.69, 9.17) is 5.11 Å². The Balaban J connectivity index is 2.68. The lowest BCUT2D eigenvalue weighted by Gasteiger charge is -2.23. The van der Waals surface area contributed by atoms with E-state index in [1.807, 2.05) is 6.92 Å². The molecule has 2 N–H and O–H groups in total. The van der Waals surface area contributed by atoms with Crippen LogP contribution in [-0.4, -0.2) is 54.6 Å². The normalized spacial score (nSPS) is 20.4. The van der Waals surface area contributed by atoms with E-state index in [1.54, 1.807) is 0 Å². The predicted molar refractivity (Wildman–Crippen MR) is 69.1 cm³/mol. The van der Waals surface area contributed by atoms with Crippen LogP contribution in [0.1, 0.15) is 32.6 Å². The fourth-order valence-corrected chi connectivity index (χ4v) is 3.94. The minimum absolute atomic E-state index is 0.0339. The van der Waals surface area contributed by atoms with Crippen molar-refractivity contribution in [3.8, 4) is 0 Å². The maximum atomic E-state index is 12.1. The molecule has 7 nitrogen and oxygen atoms in total. The van der Waals surface area contributed by atoms with Gasteiger partial charge < -0.3 is 10.4 Å². The molecular formula is C11H20N2O5S. The number of carbonyl (C=O) groups is 2. The number of carboxylic acids is 1. The van der Waals surface area contributed by atoms with Gasteiger partial charge in [0.2, 0.25) is 15.9 Å². The van der Waals surface area contributed by atoms with Crippen molar-refractivity contribution in [1.29, 1.82) is 0 Å². The Morgan fingerprint density at radius 3 is 2.68 bits per heavy atom. The van der Waals surface area contributed by atoms with Crippen molar-refractivity contribution >= 4 is 21.9 Å². The number of carbonyl (C=O) groups excluding carboxylic acids is 1. The fourth-order valence-electron chi connectivity index (χ4n) is 2.06. The standard InChI is InChI=1S/C11H20N2O5S/c1-2-3-7-19(17,18)13-6-4-5-9(13)11(16)12-8-10(14)15/h9H,2-8H2,1H3,(H,12,16)(H,14,15). The van der Waals surface area contributed by atoms with Crippen LogP contribution in [0.4, 0.5) is 0 Å². The van der Waals surface area contributed by atoms with E-state index in [2.05, 4.69) is 5.32 Å². The van der Waals surface area contributed by atoms with Crippen molar-refractivity contribution < 1.29 is 23.1 Å². The zero-order valence-corrected chi connectivity index (χ0v) is 11.8. The van der Waals surface area contributed by atoms with Gasteiger partial charge in [-0.15, -0.1) is 0 Å². The molecule has 1 aliphatic rings. The second-order valence-electron chi connectivity index (χ2n) is 4.55. The molecule has 1 heterocycles. The van der Waals surface area contributed by atoms with Crippen molar-refractivity contribution in [2.75, 3.05) is 18.8 Å². The molecule has 0 aliphatic carbocycles. The summed E-state index contributed by atoms with van der Waals surface area (Å²) in [4.78, 5) is 22.2. The quantitative estimate of drug-likeness (QED) is 0.675. The lowest BCUT2D eigenvalue weighted by atomic mass is 10.2. The Labute approximate surface area is 113 Å². The molecule has 8 heteroatoms. The molecule has 0 aromatic heterocycles. The van der Waals surface area contributed by atoms with E-state index in [0.717, 1.165) is 6.42 Å². The molecule has 110 valence electrons. The first kappa shape index (κ1) is 15.9. The van der Waals surface area contributed by atoms with Gasteiger partial charge in [0.1, 0.15) is 12.6 Å². The van der Waals surface area contributed by atoms with E-state index < -0.39 is 34.5 Å². The highest BCUT2D eigenvalue weighted by Gasteiger charge is 2.38. The van der Waals surface area contributed by atoms with Crippen LogP contribution in [0.25, 0.3) is 0 Å². The number of aliphatic carboxylic acids is 1. The van der Waals surface area contributed by atoms with E-state index in [9.17, 15) is 18.0 Å². The van der Waals surface area contributed by atoms with Gasteiger partial charge in [0.15, 0.2) is 0 Å². The van der Waals surface area contributed by atoms with Crippen molar-refractivity contribution in [2.45, 2.75) is 38.6 Å². The largest absolute Gasteiger partial charge is 0.480 e. The molecule has 1 fully saturated rings. The van der Waals surface area contributed by atoms with E-state index in [1.165, 1.54) is 4.31 Å². The third-order valence-electron chi connectivity index (χ3n) is 3.03. The Morgan fingerprint density at radius 1 is 1.42 bits per heavy atom. The van der Waals surface area contributed by atoms with Gasteiger partial charge in [-0.05, 0) is 19.3 Å². The number of sulfonamides is 1. The first-order valence-electron chi connectivity index (χ1n) is 6.37. The summed E-state index contributed by atoms with van der Waals surface area (Å²) in [6.07, 6.45) is 2.39. The predicted octanol–water partition coefficient (Wildman–Crippen LogP) is -0.218. The van der Waals surface area contributed by atoms with Crippen LogP contribution in [0, 0.1) is 0 Å². The summed E-state index contributed by atoms with van der Waals surface area (Å²) in [5.41, 5.74) is 0. The van der Waals surface area contributed by atoms with Gasteiger partial charge in [-0.3, -0.25) is 9.59 Å². The number of rotatable bonds is 7. The zero-order chi connectivity index (χ0) is 14.5. The first-order chi connectivity index (χ1) is 8.88. The highest BCUT2D eigenvalue weighted by molar-refractivity contribution is 7.89. The van der Waals surface area contributed by atoms with Crippen LogP contribution in [0.5, 0.6) is 0 Å². The molecular weight excluding hydrogens is 272 g/mol. The smallest absolute Gasteiger partial charge is 0.322 e. The first-order valence-corrected chi connectivity index (χ1v) is 7.98. The summed E-state index contributed by atoms with van der Waals surface area (Å²) in [5, 5.41) is 10.7. The highest BCUT2D eigenvalue weighted by atomic mass is 32.2. The zero-order valence-electron chi connectivity index (χ0n) is 11.0.